The fourth-order valence-corrected chi connectivity index (χ4v) is 0.764. The third-order valence-corrected chi connectivity index (χ3v) is 1.25. The molecule has 0 bridgehead atoms. The number of hydrogen-bond donors (Lipinski definition) is 1. The van der Waals surface area contributed by atoms with Gasteiger partial charge in [-0.25, -0.2) is 4.79 Å². The van der Waals surface area contributed by atoms with E-state index in [9.17, 15) is 4.79 Å². The van der Waals surface area contributed by atoms with Crippen molar-refractivity contribution in [3.63, 3.8) is 0 Å². The number of hydrogen-bond acceptors (Lipinski definition) is 2. The lowest BCUT2D eigenvalue weighted by Crippen LogP contribution is -2.32. The summed E-state index contributed by atoms with van der Waals surface area (Å²) in [5.74, 6) is 0. The average Bonchev–Trinajstić information content (AvgIpc) is 2.00. The molecule has 3 heteroatoms. The summed E-state index contributed by atoms with van der Waals surface area (Å²) in [6.07, 6.45) is 5.89. The van der Waals surface area contributed by atoms with Crippen LogP contribution in [0.4, 0.5) is 4.79 Å². The molecule has 0 saturated carbocycles. The average molecular weight is 197 g/mol. The minimum Gasteiger partial charge on any atom is -0.444 e. The number of allylic oxidation sites excluding steroid dienone is 2. The van der Waals surface area contributed by atoms with E-state index in [4.69, 9.17) is 4.74 Å². The summed E-state index contributed by atoms with van der Waals surface area (Å²) in [7, 11) is 0. The van der Waals surface area contributed by atoms with E-state index < -0.39 is 5.60 Å². The van der Waals surface area contributed by atoms with Gasteiger partial charge in [-0.15, -0.1) is 0 Å². The Balaban J connectivity index is 3.55. The second-order valence-corrected chi connectivity index (χ2v) is 3.88. The maximum Gasteiger partial charge on any atom is 0.407 e. The highest BCUT2D eigenvalue weighted by atomic mass is 16.6. The molecule has 0 heterocycles. The van der Waals surface area contributed by atoms with Crippen molar-refractivity contribution in [2.75, 3.05) is 6.54 Å². The van der Waals surface area contributed by atoms with Gasteiger partial charge in [0, 0.05) is 6.54 Å². The van der Waals surface area contributed by atoms with Gasteiger partial charge in [0.05, 0.1) is 0 Å². The Hall–Kier alpha value is -1.25. The van der Waals surface area contributed by atoms with Crippen molar-refractivity contribution in [2.45, 2.75) is 32.8 Å². The van der Waals surface area contributed by atoms with Gasteiger partial charge in [-0.2, -0.15) is 0 Å². The molecule has 0 aliphatic rings. The van der Waals surface area contributed by atoms with Crippen molar-refractivity contribution >= 4 is 6.09 Å². The molecule has 0 saturated heterocycles. The fraction of sp³-hybridized carbons (Fsp3) is 0.545. The molecule has 0 fully saturated rings. The maximum atomic E-state index is 11.1. The van der Waals surface area contributed by atoms with Gasteiger partial charge in [0.25, 0.3) is 0 Å². The Kier molecular flexibility index (Phi) is 5.68. The summed E-state index contributed by atoms with van der Waals surface area (Å²) in [4.78, 5) is 11.1. The first-order chi connectivity index (χ1) is 6.45. The highest BCUT2D eigenvalue weighted by molar-refractivity contribution is 5.67. The third kappa shape index (κ3) is 8.84. The molecular weight excluding hydrogens is 178 g/mol. The highest BCUT2D eigenvalue weighted by Crippen LogP contribution is 2.06. The van der Waals surface area contributed by atoms with Crippen LogP contribution in [0.15, 0.2) is 24.8 Å². The predicted octanol–water partition coefficient (Wildman–Crippen LogP) is 2.64. The number of rotatable bonds is 4. The highest BCUT2D eigenvalue weighted by Gasteiger charge is 2.14. The topological polar surface area (TPSA) is 38.3 Å². The molecule has 0 radical (unpaired) electrons. The SMILES string of the molecule is C=C/C=C/CCNC(=O)OC(C)(C)C. The maximum absolute atomic E-state index is 11.1. The Morgan fingerprint density at radius 1 is 1.50 bits per heavy atom. The summed E-state index contributed by atoms with van der Waals surface area (Å²) in [5.41, 5.74) is -0.430. The van der Waals surface area contributed by atoms with Gasteiger partial charge in [0.2, 0.25) is 0 Å². The third-order valence-electron chi connectivity index (χ3n) is 1.25. The second-order valence-electron chi connectivity index (χ2n) is 3.88. The molecule has 3 nitrogen and oxygen atoms in total. The van der Waals surface area contributed by atoms with E-state index in [2.05, 4.69) is 11.9 Å². The molecular formula is C11H19NO2. The van der Waals surface area contributed by atoms with Gasteiger partial charge >= 0.3 is 6.09 Å². The van der Waals surface area contributed by atoms with E-state index in [0.717, 1.165) is 6.42 Å². The number of nitrogens with one attached hydrogen (secondary N) is 1. The van der Waals surface area contributed by atoms with Crippen LogP contribution in [0.25, 0.3) is 0 Å². The van der Waals surface area contributed by atoms with Crippen molar-refractivity contribution in [3.8, 4) is 0 Å². The van der Waals surface area contributed by atoms with Crippen LogP contribution in [0.1, 0.15) is 27.2 Å². The molecule has 0 aromatic rings. The molecule has 1 amide bonds. The number of amides is 1. The van der Waals surface area contributed by atoms with Gasteiger partial charge in [0.1, 0.15) is 5.60 Å². The van der Waals surface area contributed by atoms with Gasteiger partial charge in [-0.1, -0.05) is 24.8 Å². The molecule has 0 aromatic heterocycles. The Bertz CT molecular complexity index is 214. The van der Waals surface area contributed by atoms with Crippen LogP contribution < -0.4 is 5.32 Å². The number of ether oxygens (including phenoxy) is 1. The van der Waals surface area contributed by atoms with E-state index in [0.29, 0.717) is 6.54 Å². The molecule has 1 N–H and O–H groups in total. The summed E-state index contributed by atoms with van der Waals surface area (Å²) >= 11 is 0. The van der Waals surface area contributed by atoms with Gasteiger partial charge in [0.15, 0.2) is 0 Å². The fourth-order valence-electron chi connectivity index (χ4n) is 0.764. The van der Waals surface area contributed by atoms with Crippen LogP contribution in [0, 0.1) is 0 Å². The minimum absolute atomic E-state index is 0.371. The second kappa shape index (κ2) is 6.24. The number of carbonyl (C=O) groups excluding carboxylic acids is 1. The van der Waals surface area contributed by atoms with Crippen molar-refractivity contribution in [2.24, 2.45) is 0 Å². The molecule has 0 aromatic carbocycles. The standard InChI is InChI=1S/C11H19NO2/c1-5-6-7-8-9-12-10(13)14-11(2,3)4/h5-7H,1,8-9H2,2-4H3,(H,12,13)/b7-6+. The monoisotopic (exact) mass is 197 g/mol. The summed E-state index contributed by atoms with van der Waals surface area (Å²) in [5, 5.41) is 2.65. The van der Waals surface area contributed by atoms with Gasteiger partial charge in [-0.3, -0.25) is 0 Å². The van der Waals surface area contributed by atoms with E-state index in [-0.39, 0.29) is 6.09 Å². The number of carbonyl (C=O) groups is 1. The summed E-state index contributed by atoms with van der Waals surface area (Å²) < 4.78 is 5.05. The van der Waals surface area contributed by atoms with Crippen LogP contribution >= 0.6 is 0 Å². The Morgan fingerprint density at radius 3 is 2.64 bits per heavy atom. The molecule has 0 aliphatic heterocycles. The first-order valence-electron chi connectivity index (χ1n) is 4.70. The summed E-state index contributed by atoms with van der Waals surface area (Å²) in [6, 6.07) is 0. The van der Waals surface area contributed by atoms with E-state index >= 15 is 0 Å². The lowest BCUT2D eigenvalue weighted by Gasteiger charge is -2.19. The quantitative estimate of drug-likeness (QED) is 0.555. The normalized spacial score (nSPS) is 11.4. The Labute approximate surface area is 85.8 Å². The van der Waals surface area contributed by atoms with E-state index in [1.807, 2.05) is 32.9 Å². The van der Waals surface area contributed by atoms with E-state index in [1.165, 1.54) is 0 Å². The molecule has 0 unspecified atom stereocenters. The van der Waals surface area contributed by atoms with Crippen molar-refractivity contribution < 1.29 is 9.53 Å². The largest absolute Gasteiger partial charge is 0.444 e. The van der Waals surface area contributed by atoms with Crippen molar-refractivity contribution in [1.29, 1.82) is 0 Å². The van der Waals surface area contributed by atoms with Gasteiger partial charge in [-0.05, 0) is 27.2 Å². The van der Waals surface area contributed by atoms with Crippen molar-refractivity contribution in [1.82, 2.24) is 5.32 Å². The van der Waals surface area contributed by atoms with Crippen LogP contribution in [0.3, 0.4) is 0 Å². The van der Waals surface area contributed by atoms with Crippen molar-refractivity contribution in [3.05, 3.63) is 24.8 Å². The lowest BCUT2D eigenvalue weighted by atomic mass is 10.2. The predicted molar refractivity (Wildman–Crippen MR) is 58.2 cm³/mol. The first-order valence-corrected chi connectivity index (χ1v) is 4.70. The van der Waals surface area contributed by atoms with Crippen LogP contribution in [-0.4, -0.2) is 18.2 Å². The lowest BCUT2D eigenvalue weighted by molar-refractivity contribution is 0.0529. The summed E-state index contributed by atoms with van der Waals surface area (Å²) in [6.45, 7) is 9.64. The zero-order valence-electron chi connectivity index (χ0n) is 9.17. The molecule has 0 rings (SSSR count). The van der Waals surface area contributed by atoms with Crippen LogP contribution in [0.2, 0.25) is 0 Å². The molecule has 14 heavy (non-hydrogen) atoms. The molecule has 80 valence electrons. The molecule has 0 atom stereocenters. The van der Waals surface area contributed by atoms with E-state index in [1.54, 1.807) is 6.08 Å². The zero-order chi connectivity index (χ0) is 11.0. The van der Waals surface area contributed by atoms with Gasteiger partial charge < -0.3 is 10.1 Å². The molecule has 0 aliphatic carbocycles. The van der Waals surface area contributed by atoms with Crippen LogP contribution in [-0.2, 0) is 4.74 Å². The van der Waals surface area contributed by atoms with Crippen LogP contribution in [0.5, 0.6) is 0 Å². The number of alkyl carbamates (subject to hydrolysis) is 1. The first kappa shape index (κ1) is 12.8. The minimum atomic E-state index is -0.430. The Morgan fingerprint density at radius 2 is 2.14 bits per heavy atom. The smallest absolute Gasteiger partial charge is 0.407 e. The molecule has 0 spiro atoms. The zero-order valence-corrected chi connectivity index (χ0v) is 9.17.